The topological polar surface area (TPSA) is 58.4 Å². The van der Waals surface area contributed by atoms with Crippen molar-refractivity contribution in [3.8, 4) is 0 Å². The highest BCUT2D eigenvalue weighted by Crippen LogP contribution is 2.12. The van der Waals surface area contributed by atoms with Crippen LogP contribution in [-0.2, 0) is 4.79 Å². The zero-order valence-corrected chi connectivity index (χ0v) is 6.79. The summed E-state index contributed by atoms with van der Waals surface area (Å²) >= 11 is 0. The molecule has 1 heterocycles. The number of amides is 1. The Hall–Kier alpha value is -1.03. The summed E-state index contributed by atoms with van der Waals surface area (Å²) in [6.07, 6.45) is 3.59. The van der Waals surface area contributed by atoms with E-state index in [2.05, 4.69) is 5.43 Å². The second-order valence-electron chi connectivity index (χ2n) is 2.78. The van der Waals surface area contributed by atoms with Crippen LogP contribution in [0.2, 0.25) is 0 Å². The lowest BCUT2D eigenvalue weighted by atomic mass is 10.0. The van der Waals surface area contributed by atoms with Crippen molar-refractivity contribution in [3.63, 3.8) is 0 Å². The molecule has 0 aliphatic carbocycles. The van der Waals surface area contributed by atoms with Gasteiger partial charge in [-0.1, -0.05) is 0 Å². The number of primary amides is 1. The standard InChI is InChI=1S/C7H13N3O/c1-3-10-5-4-7(2,9-10)6(8)11/h4-5,9H,3H2,1-2H3,(H2,8,11). The zero-order chi connectivity index (χ0) is 8.48. The fourth-order valence-electron chi connectivity index (χ4n) is 0.934. The van der Waals surface area contributed by atoms with Crippen LogP contribution in [0.4, 0.5) is 0 Å². The minimum atomic E-state index is -0.698. The van der Waals surface area contributed by atoms with Crippen molar-refractivity contribution in [1.29, 1.82) is 0 Å². The van der Waals surface area contributed by atoms with Crippen LogP contribution in [-0.4, -0.2) is 23.0 Å². The number of nitrogens with two attached hydrogens (primary N) is 1. The lowest BCUT2D eigenvalue weighted by Gasteiger charge is -2.23. The lowest BCUT2D eigenvalue weighted by molar-refractivity contribution is -0.122. The molecule has 1 rings (SSSR count). The van der Waals surface area contributed by atoms with Crippen LogP contribution in [0.3, 0.4) is 0 Å². The van der Waals surface area contributed by atoms with Crippen molar-refractivity contribution < 1.29 is 4.79 Å². The number of nitrogens with one attached hydrogen (secondary N) is 1. The first kappa shape index (κ1) is 8.07. The zero-order valence-electron chi connectivity index (χ0n) is 6.79. The molecular weight excluding hydrogens is 142 g/mol. The Bertz CT molecular complexity index is 202. The van der Waals surface area contributed by atoms with Gasteiger partial charge >= 0.3 is 0 Å². The Labute approximate surface area is 66.0 Å². The van der Waals surface area contributed by atoms with E-state index < -0.39 is 5.54 Å². The normalized spacial score (nSPS) is 29.5. The smallest absolute Gasteiger partial charge is 0.243 e. The summed E-state index contributed by atoms with van der Waals surface area (Å²) in [6.45, 7) is 4.56. The molecule has 4 nitrogen and oxygen atoms in total. The summed E-state index contributed by atoms with van der Waals surface area (Å²) in [6, 6.07) is 0. The highest BCUT2D eigenvalue weighted by atomic mass is 16.1. The summed E-state index contributed by atoms with van der Waals surface area (Å²) < 4.78 is 0. The maximum Gasteiger partial charge on any atom is 0.243 e. The molecule has 0 bridgehead atoms. The van der Waals surface area contributed by atoms with Crippen molar-refractivity contribution in [2.24, 2.45) is 5.73 Å². The van der Waals surface area contributed by atoms with Crippen molar-refractivity contribution in [1.82, 2.24) is 10.4 Å². The molecule has 1 unspecified atom stereocenters. The number of hydrogen-bond donors (Lipinski definition) is 2. The van der Waals surface area contributed by atoms with Gasteiger partial charge in [-0.15, -0.1) is 0 Å². The average Bonchev–Trinajstić information content (AvgIpc) is 2.33. The number of nitrogens with zero attached hydrogens (tertiary/aromatic N) is 1. The molecule has 0 aromatic heterocycles. The molecule has 1 atom stereocenters. The molecule has 0 aromatic rings. The molecule has 62 valence electrons. The molecule has 1 aliphatic rings. The molecule has 0 saturated carbocycles. The van der Waals surface area contributed by atoms with E-state index in [1.807, 2.05) is 18.1 Å². The molecule has 0 saturated heterocycles. The Morgan fingerprint density at radius 3 is 2.73 bits per heavy atom. The fourth-order valence-corrected chi connectivity index (χ4v) is 0.934. The minimum Gasteiger partial charge on any atom is -0.368 e. The van der Waals surface area contributed by atoms with Crippen LogP contribution in [0.5, 0.6) is 0 Å². The average molecular weight is 155 g/mol. The Balaban J connectivity index is 2.67. The van der Waals surface area contributed by atoms with Gasteiger partial charge in [-0.25, -0.2) is 5.43 Å². The van der Waals surface area contributed by atoms with Gasteiger partial charge in [-0.3, -0.25) is 4.79 Å². The highest BCUT2D eigenvalue weighted by molar-refractivity contribution is 5.86. The maximum atomic E-state index is 10.9. The van der Waals surface area contributed by atoms with E-state index in [0.29, 0.717) is 0 Å². The number of rotatable bonds is 2. The molecule has 4 heteroatoms. The van der Waals surface area contributed by atoms with Gasteiger partial charge in [-0.05, 0) is 19.9 Å². The van der Waals surface area contributed by atoms with Gasteiger partial charge in [0.2, 0.25) is 5.91 Å². The third-order valence-electron chi connectivity index (χ3n) is 1.82. The monoisotopic (exact) mass is 155 g/mol. The van der Waals surface area contributed by atoms with E-state index in [4.69, 9.17) is 5.73 Å². The molecule has 0 aromatic carbocycles. The molecule has 0 spiro atoms. The molecule has 3 N–H and O–H groups in total. The molecule has 1 amide bonds. The number of hydrogen-bond acceptors (Lipinski definition) is 3. The second kappa shape index (κ2) is 2.54. The molecule has 11 heavy (non-hydrogen) atoms. The predicted octanol–water partition coefficient (Wildman–Crippen LogP) is -0.416. The summed E-state index contributed by atoms with van der Waals surface area (Å²) in [7, 11) is 0. The summed E-state index contributed by atoms with van der Waals surface area (Å²) in [5.41, 5.74) is 7.44. The van der Waals surface area contributed by atoms with Gasteiger partial charge in [0, 0.05) is 12.7 Å². The van der Waals surface area contributed by atoms with Gasteiger partial charge in [-0.2, -0.15) is 0 Å². The van der Waals surface area contributed by atoms with Crippen molar-refractivity contribution in [2.75, 3.05) is 6.54 Å². The van der Waals surface area contributed by atoms with Crippen LogP contribution in [0.1, 0.15) is 13.8 Å². The third kappa shape index (κ3) is 1.35. The highest BCUT2D eigenvalue weighted by Gasteiger charge is 2.32. The van der Waals surface area contributed by atoms with Crippen LogP contribution in [0.15, 0.2) is 12.3 Å². The van der Waals surface area contributed by atoms with Crippen LogP contribution >= 0.6 is 0 Å². The van der Waals surface area contributed by atoms with Gasteiger partial charge in [0.25, 0.3) is 0 Å². The van der Waals surface area contributed by atoms with Gasteiger partial charge in [0.15, 0.2) is 0 Å². The van der Waals surface area contributed by atoms with E-state index >= 15 is 0 Å². The SMILES string of the molecule is CCN1C=CC(C)(C(N)=O)N1. The van der Waals surface area contributed by atoms with Crippen LogP contribution < -0.4 is 11.2 Å². The Morgan fingerprint density at radius 1 is 1.82 bits per heavy atom. The number of carbonyl (C=O) groups excluding carboxylic acids is 1. The predicted molar refractivity (Wildman–Crippen MR) is 42.3 cm³/mol. The Morgan fingerprint density at radius 2 is 2.45 bits per heavy atom. The van der Waals surface area contributed by atoms with Gasteiger partial charge in [0.05, 0.1) is 0 Å². The summed E-state index contributed by atoms with van der Waals surface area (Å²) in [5, 5.41) is 1.82. The molecule has 0 fully saturated rings. The molecule has 0 radical (unpaired) electrons. The van der Waals surface area contributed by atoms with Crippen molar-refractivity contribution >= 4 is 5.91 Å². The quantitative estimate of drug-likeness (QED) is 0.569. The van der Waals surface area contributed by atoms with E-state index in [0.717, 1.165) is 6.54 Å². The summed E-state index contributed by atoms with van der Waals surface area (Å²) in [4.78, 5) is 10.9. The third-order valence-corrected chi connectivity index (χ3v) is 1.82. The van der Waals surface area contributed by atoms with Gasteiger partial charge in [0.1, 0.15) is 5.54 Å². The largest absolute Gasteiger partial charge is 0.368 e. The van der Waals surface area contributed by atoms with Crippen molar-refractivity contribution in [2.45, 2.75) is 19.4 Å². The minimum absolute atomic E-state index is 0.357. The Kier molecular flexibility index (Phi) is 1.87. The lowest BCUT2D eigenvalue weighted by Crippen LogP contribution is -2.52. The number of carbonyl (C=O) groups is 1. The van der Waals surface area contributed by atoms with E-state index in [9.17, 15) is 4.79 Å². The van der Waals surface area contributed by atoms with Crippen LogP contribution in [0.25, 0.3) is 0 Å². The van der Waals surface area contributed by atoms with E-state index in [1.54, 1.807) is 13.0 Å². The first-order chi connectivity index (χ1) is 5.08. The maximum absolute atomic E-state index is 10.9. The van der Waals surface area contributed by atoms with Crippen molar-refractivity contribution in [3.05, 3.63) is 12.3 Å². The second-order valence-corrected chi connectivity index (χ2v) is 2.78. The first-order valence-electron chi connectivity index (χ1n) is 3.62. The summed E-state index contributed by atoms with van der Waals surface area (Å²) in [5.74, 6) is -0.357. The van der Waals surface area contributed by atoms with Gasteiger partial charge < -0.3 is 10.7 Å². The van der Waals surface area contributed by atoms with Crippen LogP contribution in [0, 0.1) is 0 Å². The van der Waals surface area contributed by atoms with E-state index in [1.165, 1.54) is 0 Å². The molecule has 1 aliphatic heterocycles. The fraction of sp³-hybridized carbons (Fsp3) is 0.571. The molecular formula is C7H13N3O. The van der Waals surface area contributed by atoms with E-state index in [-0.39, 0.29) is 5.91 Å². The first-order valence-corrected chi connectivity index (χ1v) is 3.62. The number of hydrazine groups is 1.